The van der Waals surface area contributed by atoms with Crippen LogP contribution in [0.4, 0.5) is 11.4 Å². The van der Waals surface area contributed by atoms with Gasteiger partial charge in [0.05, 0.1) is 4.92 Å². The van der Waals surface area contributed by atoms with E-state index >= 15 is 0 Å². The quantitative estimate of drug-likeness (QED) is 0.640. The van der Waals surface area contributed by atoms with Crippen molar-refractivity contribution in [1.29, 1.82) is 0 Å². The average molecular weight is 291 g/mol. The number of rotatable bonds is 6. The van der Waals surface area contributed by atoms with Crippen LogP contribution in [0.5, 0.6) is 0 Å². The molecule has 0 spiro atoms. The highest BCUT2D eigenvalue weighted by molar-refractivity contribution is 5.62. The van der Waals surface area contributed by atoms with Crippen molar-refractivity contribution in [2.45, 2.75) is 51.6 Å². The molecule has 0 aliphatic heterocycles. The topological polar surface area (TPSA) is 58.4 Å². The summed E-state index contributed by atoms with van der Waals surface area (Å²) in [5.41, 5.74) is 1.87. The van der Waals surface area contributed by atoms with Gasteiger partial charge < -0.3 is 5.32 Å². The third-order valence-corrected chi connectivity index (χ3v) is 4.41. The lowest BCUT2D eigenvalue weighted by atomic mass is 9.94. The van der Waals surface area contributed by atoms with Crippen LogP contribution in [-0.4, -0.2) is 29.5 Å². The molecule has 0 unspecified atom stereocenters. The van der Waals surface area contributed by atoms with Crippen LogP contribution in [0.2, 0.25) is 0 Å². The Morgan fingerprint density at radius 2 is 2.05 bits per heavy atom. The van der Waals surface area contributed by atoms with E-state index in [0.717, 1.165) is 18.7 Å². The van der Waals surface area contributed by atoms with Gasteiger partial charge >= 0.3 is 0 Å². The first-order valence-corrected chi connectivity index (χ1v) is 7.84. The standard InChI is InChI=1S/C16H25N3O2/c1-3-18(14-7-5-4-6-8-14)12-13-9-10-16(19(20)21)15(11-13)17-2/h9-11,14,17H,3-8,12H2,1-2H3. The zero-order chi connectivity index (χ0) is 15.2. The predicted octanol–water partition coefficient (Wildman–Crippen LogP) is 3.79. The van der Waals surface area contributed by atoms with Crippen molar-refractivity contribution in [2.24, 2.45) is 0 Å². The van der Waals surface area contributed by atoms with E-state index in [9.17, 15) is 10.1 Å². The molecular formula is C16H25N3O2. The van der Waals surface area contributed by atoms with E-state index in [-0.39, 0.29) is 10.6 Å². The monoisotopic (exact) mass is 291 g/mol. The highest BCUT2D eigenvalue weighted by Gasteiger charge is 2.21. The zero-order valence-electron chi connectivity index (χ0n) is 13.0. The molecule has 0 amide bonds. The molecule has 1 aliphatic rings. The molecule has 0 aromatic heterocycles. The molecule has 1 N–H and O–H groups in total. The second-order valence-corrected chi connectivity index (χ2v) is 5.71. The Morgan fingerprint density at radius 1 is 1.33 bits per heavy atom. The van der Waals surface area contributed by atoms with Gasteiger partial charge in [-0.05, 0) is 31.0 Å². The Kier molecular flexibility index (Phi) is 5.56. The van der Waals surface area contributed by atoms with Crippen molar-refractivity contribution >= 4 is 11.4 Å². The summed E-state index contributed by atoms with van der Waals surface area (Å²) in [4.78, 5) is 13.1. The molecule has 1 aliphatic carbocycles. The van der Waals surface area contributed by atoms with Crippen LogP contribution in [0.25, 0.3) is 0 Å². The molecule has 2 rings (SSSR count). The van der Waals surface area contributed by atoms with Gasteiger partial charge in [0.15, 0.2) is 0 Å². The lowest BCUT2D eigenvalue weighted by Gasteiger charge is -2.33. The Hall–Kier alpha value is -1.62. The lowest BCUT2D eigenvalue weighted by molar-refractivity contribution is -0.384. The van der Waals surface area contributed by atoms with E-state index in [4.69, 9.17) is 0 Å². The Balaban J connectivity index is 2.11. The first-order valence-electron chi connectivity index (χ1n) is 7.84. The van der Waals surface area contributed by atoms with Crippen molar-refractivity contribution in [1.82, 2.24) is 4.90 Å². The fraction of sp³-hybridized carbons (Fsp3) is 0.625. The molecule has 0 radical (unpaired) electrons. The van der Waals surface area contributed by atoms with E-state index in [1.54, 1.807) is 13.1 Å². The molecule has 0 heterocycles. The molecule has 116 valence electrons. The summed E-state index contributed by atoms with van der Waals surface area (Å²) in [5.74, 6) is 0. The maximum Gasteiger partial charge on any atom is 0.292 e. The number of hydrogen-bond acceptors (Lipinski definition) is 4. The summed E-state index contributed by atoms with van der Waals surface area (Å²) >= 11 is 0. The van der Waals surface area contributed by atoms with Gasteiger partial charge in [-0.1, -0.05) is 32.3 Å². The third kappa shape index (κ3) is 3.94. The van der Waals surface area contributed by atoms with Crippen LogP contribution in [0.15, 0.2) is 18.2 Å². The van der Waals surface area contributed by atoms with E-state index in [2.05, 4.69) is 17.1 Å². The molecule has 5 heteroatoms. The molecule has 1 aromatic rings. The van der Waals surface area contributed by atoms with Crippen LogP contribution in [0.1, 0.15) is 44.6 Å². The van der Waals surface area contributed by atoms with Gasteiger partial charge in [-0.2, -0.15) is 0 Å². The predicted molar refractivity (Wildman–Crippen MR) is 85.6 cm³/mol. The van der Waals surface area contributed by atoms with Crippen molar-refractivity contribution in [3.8, 4) is 0 Å². The lowest BCUT2D eigenvalue weighted by Crippen LogP contribution is -2.36. The molecule has 1 aromatic carbocycles. The molecule has 1 saturated carbocycles. The van der Waals surface area contributed by atoms with Crippen molar-refractivity contribution in [3.05, 3.63) is 33.9 Å². The molecule has 0 atom stereocenters. The van der Waals surface area contributed by atoms with Gasteiger partial charge in [0.1, 0.15) is 5.69 Å². The first-order chi connectivity index (χ1) is 10.2. The number of anilines is 1. The van der Waals surface area contributed by atoms with Crippen LogP contribution < -0.4 is 5.32 Å². The number of nitrogens with one attached hydrogen (secondary N) is 1. The minimum atomic E-state index is -0.339. The van der Waals surface area contributed by atoms with Gasteiger partial charge in [-0.3, -0.25) is 15.0 Å². The van der Waals surface area contributed by atoms with Crippen LogP contribution in [0, 0.1) is 10.1 Å². The summed E-state index contributed by atoms with van der Waals surface area (Å²) in [5, 5.41) is 13.9. The summed E-state index contributed by atoms with van der Waals surface area (Å²) in [7, 11) is 1.73. The fourth-order valence-corrected chi connectivity index (χ4v) is 3.22. The van der Waals surface area contributed by atoms with Gasteiger partial charge in [0.25, 0.3) is 5.69 Å². The minimum Gasteiger partial charge on any atom is -0.383 e. The molecular weight excluding hydrogens is 266 g/mol. The molecule has 0 saturated heterocycles. The SMILES string of the molecule is CCN(Cc1ccc([N+](=O)[O-])c(NC)c1)C1CCCCC1. The van der Waals surface area contributed by atoms with Gasteiger partial charge in [0, 0.05) is 25.7 Å². The molecule has 1 fully saturated rings. The number of benzene rings is 1. The zero-order valence-corrected chi connectivity index (χ0v) is 13.0. The number of nitro benzene ring substituents is 1. The van der Waals surface area contributed by atoms with Crippen LogP contribution in [-0.2, 0) is 6.54 Å². The van der Waals surface area contributed by atoms with Gasteiger partial charge in [0.2, 0.25) is 0 Å². The molecule has 0 bridgehead atoms. The van der Waals surface area contributed by atoms with Gasteiger partial charge in [-0.15, -0.1) is 0 Å². The first kappa shape index (κ1) is 15.8. The van der Waals surface area contributed by atoms with E-state index in [0.29, 0.717) is 11.7 Å². The highest BCUT2D eigenvalue weighted by atomic mass is 16.6. The van der Waals surface area contributed by atoms with Crippen molar-refractivity contribution in [2.75, 3.05) is 18.9 Å². The van der Waals surface area contributed by atoms with E-state index in [1.807, 2.05) is 12.1 Å². The fourth-order valence-electron chi connectivity index (χ4n) is 3.22. The number of hydrogen-bond donors (Lipinski definition) is 1. The largest absolute Gasteiger partial charge is 0.383 e. The van der Waals surface area contributed by atoms with Crippen molar-refractivity contribution < 1.29 is 4.92 Å². The maximum absolute atomic E-state index is 11.0. The minimum absolute atomic E-state index is 0.141. The highest BCUT2D eigenvalue weighted by Crippen LogP contribution is 2.28. The summed E-state index contributed by atoms with van der Waals surface area (Å²) in [6, 6.07) is 6.06. The summed E-state index contributed by atoms with van der Waals surface area (Å²) < 4.78 is 0. The van der Waals surface area contributed by atoms with Crippen molar-refractivity contribution in [3.63, 3.8) is 0 Å². The number of nitrogens with zero attached hydrogens (tertiary/aromatic N) is 2. The average Bonchev–Trinajstić information content (AvgIpc) is 2.53. The van der Waals surface area contributed by atoms with E-state index in [1.165, 1.54) is 32.1 Å². The van der Waals surface area contributed by atoms with E-state index < -0.39 is 0 Å². The third-order valence-electron chi connectivity index (χ3n) is 4.41. The Morgan fingerprint density at radius 3 is 2.62 bits per heavy atom. The second-order valence-electron chi connectivity index (χ2n) is 5.71. The summed E-state index contributed by atoms with van der Waals surface area (Å²) in [6.45, 7) is 4.09. The summed E-state index contributed by atoms with van der Waals surface area (Å²) in [6.07, 6.45) is 6.56. The molecule has 5 nitrogen and oxygen atoms in total. The Bertz CT molecular complexity index is 484. The van der Waals surface area contributed by atoms with Crippen LogP contribution >= 0.6 is 0 Å². The normalized spacial score (nSPS) is 16.1. The maximum atomic E-state index is 11.0. The van der Waals surface area contributed by atoms with Gasteiger partial charge in [-0.25, -0.2) is 0 Å². The smallest absolute Gasteiger partial charge is 0.292 e. The second kappa shape index (κ2) is 7.41. The molecule has 21 heavy (non-hydrogen) atoms. The van der Waals surface area contributed by atoms with Crippen LogP contribution in [0.3, 0.4) is 0 Å². The Labute approximate surface area is 126 Å². The number of nitro groups is 1.